The van der Waals surface area contributed by atoms with E-state index in [0.717, 1.165) is 60.5 Å². The Labute approximate surface area is 231 Å². The second-order valence-corrected chi connectivity index (χ2v) is 9.83. The average molecular weight is 556 g/mol. The second kappa shape index (κ2) is 13.0. The molecule has 1 N–H and O–H groups in total. The SMILES string of the molecule is CCNCCCOc1ccc(-c2cn(-c3ccc(Oc4ccc(F)c(C(F)(F)F)c4)cc3)c(CC(C)C)n2)cc1. The minimum Gasteiger partial charge on any atom is -0.494 e. The monoisotopic (exact) mass is 555 g/mol. The van der Waals surface area contributed by atoms with E-state index in [9.17, 15) is 17.6 Å². The maximum absolute atomic E-state index is 13.6. The normalized spacial score (nSPS) is 11.7. The van der Waals surface area contributed by atoms with Crippen LogP contribution < -0.4 is 14.8 Å². The molecule has 212 valence electrons. The number of hydrogen-bond acceptors (Lipinski definition) is 4. The Bertz CT molecular complexity index is 1380. The van der Waals surface area contributed by atoms with Crippen LogP contribution in [0.25, 0.3) is 16.9 Å². The highest BCUT2D eigenvalue weighted by Crippen LogP contribution is 2.35. The summed E-state index contributed by atoms with van der Waals surface area (Å²) in [6.45, 7) is 8.82. The van der Waals surface area contributed by atoms with E-state index in [1.54, 1.807) is 12.1 Å². The van der Waals surface area contributed by atoms with Crippen LogP contribution in [0, 0.1) is 11.7 Å². The predicted molar refractivity (Wildman–Crippen MR) is 148 cm³/mol. The maximum Gasteiger partial charge on any atom is 0.419 e. The molecule has 0 fully saturated rings. The summed E-state index contributed by atoms with van der Waals surface area (Å²) in [5, 5.41) is 3.27. The summed E-state index contributed by atoms with van der Waals surface area (Å²) in [5.74, 6) is 0.950. The van der Waals surface area contributed by atoms with Crippen LogP contribution in [0.15, 0.2) is 72.9 Å². The van der Waals surface area contributed by atoms with E-state index in [2.05, 4.69) is 26.1 Å². The highest BCUT2D eigenvalue weighted by Gasteiger charge is 2.34. The first-order chi connectivity index (χ1) is 19.1. The van der Waals surface area contributed by atoms with Crippen LogP contribution in [0.2, 0.25) is 0 Å². The maximum atomic E-state index is 13.6. The fraction of sp³-hybridized carbons (Fsp3) is 0.323. The van der Waals surface area contributed by atoms with Crippen molar-refractivity contribution in [3.05, 3.63) is 90.1 Å². The van der Waals surface area contributed by atoms with Gasteiger partial charge in [-0.25, -0.2) is 9.37 Å². The molecule has 0 aliphatic rings. The Morgan fingerprint density at radius 2 is 1.60 bits per heavy atom. The van der Waals surface area contributed by atoms with Gasteiger partial charge in [0.25, 0.3) is 0 Å². The molecule has 4 aromatic rings. The van der Waals surface area contributed by atoms with Crippen LogP contribution in [0.4, 0.5) is 17.6 Å². The third kappa shape index (κ3) is 7.63. The van der Waals surface area contributed by atoms with Crippen LogP contribution in [-0.4, -0.2) is 29.2 Å². The Kier molecular flexibility index (Phi) is 9.47. The Balaban J connectivity index is 1.51. The minimum absolute atomic E-state index is 0.100. The molecule has 0 unspecified atom stereocenters. The number of nitrogens with one attached hydrogen (secondary N) is 1. The summed E-state index contributed by atoms with van der Waals surface area (Å²) < 4.78 is 66.2. The van der Waals surface area contributed by atoms with Crippen molar-refractivity contribution in [2.24, 2.45) is 5.92 Å². The molecule has 40 heavy (non-hydrogen) atoms. The summed E-state index contributed by atoms with van der Waals surface area (Å²) in [7, 11) is 0. The second-order valence-electron chi connectivity index (χ2n) is 9.83. The molecule has 1 aromatic heterocycles. The van der Waals surface area contributed by atoms with E-state index >= 15 is 0 Å². The number of alkyl halides is 3. The molecular formula is C31H33F4N3O2. The third-order valence-electron chi connectivity index (χ3n) is 6.13. The van der Waals surface area contributed by atoms with E-state index in [-0.39, 0.29) is 5.75 Å². The van der Waals surface area contributed by atoms with Gasteiger partial charge in [0.15, 0.2) is 0 Å². The van der Waals surface area contributed by atoms with Gasteiger partial charge in [-0.2, -0.15) is 13.2 Å². The molecule has 1 heterocycles. The molecule has 0 amide bonds. The van der Waals surface area contributed by atoms with Gasteiger partial charge >= 0.3 is 6.18 Å². The van der Waals surface area contributed by atoms with Crippen molar-refractivity contribution >= 4 is 0 Å². The van der Waals surface area contributed by atoms with Crippen LogP contribution in [-0.2, 0) is 12.6 Å². The van der Waals surface area contributed by atoms with E-state index in [4.69, 9.17) is 14.5 Å². The van der Waals surface area contributed by atoms with Gasteiger partial charge in [-0.1, -0.05) is 20.8 Å². The third-order valence-corrected chi connectivity index (χ3v) is 6.13. The summed E-state index contributed by atoms with van der Waals surface area (Å²) >= 11 is 0. The first-order valence-electron chi connectivity index (χ1n) is 13.3. The largest absolute Gasteiger partial charge is 0.494 e. The number of imidazole rings is 1. The van der Waals surface area contributed by atoms with Crippen molar-refractivity contribution in [2.45, 2.75) is 39.8 Å². The summed E-state index contributed by atoms with van der Waals surface area (Å²) in [6, 6.07) is 17.4. The van der Waals surface area contributed by atoms with Crippen molar-refractivity contribution in [3.63, 3.8) is 0 Å². The van der Waals surface area contributed by atoms with E-state index in [1.807, 2.05) is 47.2 Å². The van der Waals surface area contributed by atoms with Crippen molar-refractivity contribution in [3.8, 4) is 34.2 Å². The smallest absolute Gasteiger partial charge is 0.419 e. The molecule has 4 rings (SSSR count). The summed E-state index contributed by atoms with van der Waals surface area (Å²) in [5.41, 5.74) is 1.24. The van der Waals surface area contributed by atoms with Gasteiger partial charge in [0, 0.05) is 23.9 Å². The zero-order chi connectivity index (χ0) is 28.7. The van der Waals surface area contributed by atoms with Crippen LogP contribution >= 0.6 is 0 Å². The van der Waals surface area contributed by atoms with Gasteiger partial charge in [-0.15, -0.1) is 0 Å². The summed E-state index contributed by atoms with van der Waals surface area (Å²) in [4.78, 5) is 4.89. The number of hydrogen-bond donors (Lipinski definition) is 1. The van der Waals surface area contributed by atoms with Crippen LogP contribution in [0.1, 0.15) is 38.6 Å². The molecule has 0 saturated carbocycles. The number of aromatic nitrogens is 2. The van der Waals surface area contributed by atoms with Gasteiger partial charge in [-0.05, 0) is 92.2 Å². The van der Waals surface area contributed by atoms with E-state index < -0.39 is 17.6 Å². The molecule has 0 aliphatic carbocycles. The summed E-state index contributed by atoms with van der Waals surface area (Å²) in [6.07, 6.45) is -1.16. The Morgan fingerprint density at radius 3 is 2.25 bits per heavy atom. The topological polar surface area (TPSA) is 48.3 Å². The molecule has 5 nitrogen and oxygen atoms in total. The molecule has 0 bridgehead atoms. The van der Waals surface area contributed by atoms with E-state index in [1.165, 1.54) is 6.07 Å². The lowest BCUT2D eigenvalue weighted by molar-refractivity contribution is -0.140. The number of benzene rings is 3. The number of halogens is 4. The van der Waals surface area contributed by atoms with Gasteiger partial charge in [0.2, 0.25) is 0 Å². The van der Waals surface area contributed by atoms with Gasteiger partial charge in [-0.3, -0.25) is 0 Å². The highest BCUT2D eigenvalue weighted by molar-refractivity contribution is 5.61. The molecule has 3 aromatic carbocycles. The average Bonchev–Trinajstić information content (AvgIpc) is 3.33. The van der Waals surface area contributed by atoms with Crippen molar-refractivity contribution < 1.29 is 27.0 Å². The van der Waals surface area contributed by atoms with Crippen molar-refractivity contribution in [1.82, 2.24) is 14.9 Å². The lowest BCUT2D eigenvalue weighted by atomic mass is 10.1. The van der Waals surface area contributed by atoms with Crippen molar-refractivity contribution in [1.29, 1.82) is 0 Å². The van der Waals surface area contributed by atoms with Gasteiger partial charge < -0.3 is 19.4 Å². The van der Waals surface area contributed by atoms with Gasteiger partial charge in [0.1, 0.15) is 28.9 Å². The zero-order valence-electron chi connectivity index (χ0n) is 22.8. The Morgan fingerprint density at radius 1 is 0.925 bits per heavy atom. The van der Waals surface area contributed by atoms with E-state index in [0.29, 0.717) is 24.3 Å². The fourth-order valence-corrected chi connectivity index (χ4v) is 4.17. The Hall–Kier alpha value is -3.85. The van der Waals surface area contributed by atoms with Crippen molar-refractivity contribution in [2.75, 3.05) is 19.7 Å². The first kappa shape index (κ1) is 29.1. The van der Waals surface area contributed by atoms with Crippen LogP contribution in [0.5, 0.6) is 17.2 Å². The number of rotatable bonds is 12. The number of ether oxygens (including phenoxy) is 2. The first-order valence-corrected chi connectivity index (χ1v) is 13.3. The molecule has 0 saturated heterocycles. The molecule has 0 aliphatic heterocycles. The standard InChI is InChI=1S/C31H33F4N3O2/c1-4-36-16-5-17-39-24-10-6-22(7-11-24)29-20-38(30(37-29)18-21(2)3)23-8-12-25(13-9-23)40-26-14-15-28(32)27(19-26)31(33,34)35/h6-15,19-21,36H,4-5,16-18H2,1-3H3. The highest BCUT2D eigenvalue weighted by atomic mass is 19.4. The molecule has 0 radical (unpaired) electrons. The minimum atomic E-state index is -4.81. The molecule has 0 spiro atoms. The lowest BCUT2D eigenvalue weighted by Crippen LogP contribution is -2.16. The zero-order valence-corrected chi connectivity index (χ0v) is 22.8. The molecule has 0 atom stereocenters. The van der Waals surface area contributed by atoms with Crippen LogP contribution in [0.3, 0.4) is 0 Å². The molecule has 9 heteroatoms. The number of nitrogens with zero attached hydrogens (tertiary/aromatic N) is 2. The van der Waals surface area contributed by atoms with Gasteiger partial charge in [0.05, 0.1) is 17.9 Å². The quantitative estimate of drug-likeness (QED) is 0.142. The predicted octanol–water partition coefficient (Wildman–Crippen LogP) is 8.07. The molecular weight excluding hydrogens is 522 g/mol. The fourth-order valence-electron chi connectivity index (χ4n) is 4.17. The lowest BCUT2D eigenvalue weighted by Gasteiger charge is -2.12.